The second-order valence-corrected chi connectivity index (χ2v) is 4.80. The minimum Gasteiger partial charge on any atom is -0.480 e. The van der Waals surface area contributed by atoms with Gasteiger partial charge in [0.2, 0.25) is 0 Å². The maximum Gasteiger partial charge on any atom is 0.323 e. The van der Waals surface area contributed by atoms with Crippen LogP contribution in [0.2, 0.25) is 0 Å². The Kier molecular flexibility index (Phi) is 10.7. The van der Waals surface area contributed by atoms with Crippen LogP contribution in [0.3, 0.4) is 0 Å². The lowest BCUT2D eigenvalue weighted by atomic mass is 10.2. The van der Waals surface area contributed by atoms with E-state index in [1.165, 1.54) is 24.3 Å². The number of nitrogens with zero attached hydrogens (tertiary/aromatic N) is 2. The van der Waals surface area contributed by atoms with Gasteiger partial charge in [0.15, 0.2) is 0 Å². The van der Waals surface area contributed by atoms with Crippen molar-refractivity contribution in [1.82, 2.24) is 0 Å². The Labute approximate surface area is 147 Å². The van der Waals surface area contributed by atoms with Crippen LogP contribution >= 0.6 is 0 Å². The van der Waals surface area contributed by atoms with E-state index in [0.29, 0.717) is 11.4 Å². The number of anilines is 2. The van der Waals surface area contributed by atoms with Crippen LogP contribution < -0.4 is 9.80 Å². The molecule has 0 saturated carbocycles. The van der Waals surface area contributed by atoms with Gasteiger partial charge in [-0.1, -0.05) is 0 Å². The van der Waals surface area contributed by atoms with Gasteiger partial charge >= 0.3 is 23.9 Å². The quantitative estimate of drug-likeness (QED) is 0.351. The molecule has 146 valence electrons. The maximum absolute atomic E-state index is 10.8. The molecule has 0 aromatic heterocycles. The fourth-order valence-electron chi connectivity index (χ4n) is 2.00. The molecule has 0 bridgehead atoms. The first-order valence-electron chi connectivity index (χ1n) is 6.66. The number of rotatable bonds is 10. The van der Waals surface area contributed by atoms with Gasteiger partial charge in [0, 0.05) is 11.4 Å². The highest BCUT2D eigenvalue weighted by Gasteiger charge is 2.17. The maximum atomic E-state index is 10.8. The standard InChI is InChI=1S/C14H16N2O8.2H2O/c17-11(18)5-15(6-12(19)20)9-1-2-10(4-3-9)16(7-13(21)22)8-14(23)24;;/h1-4H,5-8H2,(H,17,18)(H,19,20)(H,21,22)(H,23,24);2*1H2. The summed E-state index contributed by atoms with van der Waals surface area (Å²) in [7, 11) is 0. The zero-order chi connectivity index (χ0) is 18.3. The highest BCUT2D eigenvalue weighted by molar-refractivity contribution is 5.81. The summed E-state index contributed by atoms with van der Waals surface area (Å²) >= 11 is 0. The van der Waals surface area contributed by atoms with Gasteiger partial charge in [-0.25, -0.2) is 0 Å². The van der Waals surface area contributed by atoms with Gasteiger partial charge in [-0.15, -0.1) is 0 Å². The topological polar surface area (TPSA) is 219 Å². The van der Waals surface area contributed by atoms with E-state index in [-0.39, 0.29) is 11.0 Å². The number of aliphatic carboxylic acids is 4. The molecule has 0 amide bonds. The molecule has 0 saturated heterocycles. The molecule has 1 aromatic rings. The third-order valence-electron chi connectivity index (χ3n) is 2.88. The predicted molar refractivity (Wildman–Crippen MR) is 88.6 cm³/mol. The largest absolute Gasteiger partial charge is 0.480 e. The number of carboxylic acids is 4. The summed E-state index contributed by atoms with van der Waals surface area (Å²) in [4.78, 5) is 45.4. The SMILES string of the molecule is O.O.O=C(O)CN(CC(=O)O)c1ccc(N(CC(=O)O)CC(=O)O)cc1. The van der Waals surface area contributed by atoms with Crippen LogP contribution in [0.4, 0.5) is 11.4 Å². The molecule has 12 nitrogen and oxygen atoms in total. The lowest BCUT2D eigenvalue weighted by Gasteiger charge is -2.24. The fraction of sp³-hybridized carbons (Fsp3) is 0.286. The Hall–Kier alpha value is -3.38. The van der Waals surface area contributed by atoms with Gasteiger partial charge < -0.3 is 41.2 Å². The predicted octanol–water partition coefficient (Wildman–Crippen LogP) is -2.01. The van der Waals surface area contributed by atoms with Gasteiger partial charge in [0.1, 0.15) is 26.2 Å². The Balaban J connectivity index is 0. The first kappa shape index (κ1) is 24.9. The summed E-state index contributed by atoms with van der Waals surface area (Å²) in [6, 6.07) is 5.60. The number of carbonyl (C=O) groups is 4. The van der Waals surface area contributed by atoms with Gasteiger partial charge in [-0.3, -0.25) is 19.2 Å². The van der Waals surface area contributed by atoms with E-state index in [2.05, 4.69) is 0 Å². The van der Waals surface area contributed by atoms with Crippen LogP contribution in [0.25, 0.3) is 0 Å². The van der Waals surface area contributed by atoms with E-state index in [1.54, 1.807) is 0 Å². The summed E-state index contributed by atoms with van der Waals surface area (Å²) in [5.74, 6) is -4.84. The molecule has 12 heteroatoms. The second-order valence-electron chi connectivity index (χ2n) is 4.80. The van der Waals surface area contributed by atoms with Crippen LogP contribution in [-0.2, 0) is 19.2 Å². The third kappa shape index (κ3) is 8.47. The highest BCUT2D eigenvalue weighted by Crippen LogP contribution is 2.21. The smallest absolute Gasteiger partial charge is 0.323 e. The zero-order valence-electron chi connectivity index (χ0n) is 13.5. The van der Waals surface area contributed by atoms with Crippen LogP contribution in [-0.4, -0.2) is 81.4 Å². The van der Waals surface area contributed by atoms with Crippen LogP contribution in [0, 0.1) is 0 Å². The summed E-state index contributed by atoms with van der Waals surface area (Å²) in [5, 5.41) is 35.3. The first-order chi connectivity index (χ1) is 11.2. The Morgan fingerprint density at radius 1 is 0.577 bits per heavy atom. The van der Waals surface area contributed by atoms with Crippen molar-refractivity contribution in [3.63, 3.8) is 0 Å². The first-order valence-corrected chi connectivity index (χ1v) is 6.66. The third-order valence-corrected chi connectivity index (χ3v) is 2.88. The number of carboxylic acid groups (broad SMARTS) is 4. The average Bonchev–Trinajstić information content (AvgIpc) is 2.44. The van der Waals surface area contributed by atoms with Crippen molar-refractivity contribution >= 4 is 35.3 Å². The molecule has 0 aliphatic rings. The molecule has 0 radical (unpaired) electrons. The minimum atomic E-state index is -1.21. The monoisotopic (exact) mass is 376 g/mol. The lowest BCUT2D eigenvalue weighted by Crippen LogP contribution is -2.35. The van der Waals surface area contributed by atoms with Crippen LogP contribution in [0.15, 0.2) is 24.3 Å². The molecular formula is C14H20N2O10. The number of hydrogen-bond donors (Lipinski definition) is 4. The van der Waals surface area contributed by atoms with Crippen molar-refractivity contribution < 1.29 is 50.6 Å². The van der Waals surface area contributed by atoms with E-state index in [4.69, 9.17) is 20.4 Å². The van der Waals surface area contributed by atoms with Crippen molar-refractivity contribution in [1.29, 1.82) is 0 Å². The molecular weight excluding hydrogens is 356 g/mol. The summed E-state index contributed by atoms with van der Waals surface area (Å²) in [6.45, 7) is -2.11. The van der Waals surface area contributed by atoms with E-state index < -0.39 is 50.1 Å². The van der Waals surface area contributed by atoms with Crippen molar-refractivity contribution in [3.05, 3.63) is 24.3 Å². The number of hydrogen-bond acceptors (Lipinski definition) is 6. The van der Waals surface area contributed by atoms with Crippen molar-refractivity contribution in [2.75, 3.05) is 36.0 Å². The fourth-order valence-corrected chi connectivity index (χ4v) is 2.00. The van der Waals surface area contributed by atoms with Gasteiger partial charge in [0.25, 0.3) is 0 Å². The average molecular weight is 376 g/mol. The van der Waals surface area contributed by atoms with Gasteiger partial charge in [0.05, 0.1) is 0 Å². The van der Waals surface area contributed by atoms with E-state index in [0.717, 1.165) is 9.80 Å². The molecule has 0 unspecified atom stereocenters. The van der Waals surface area contributed by atoms with Crippen molar-refractivity contribution in [2.24, 2.45) is 0 Å². The van der Waals surface area contributed by atoms with Gasteiger partial charge in [-0.05, 0) is 24.3 Å². The van der Waals surface area contributed by atoms with Crippen molar-refractivity contribution in [2.45, 2.75) is 0 Å². The van der Waals surface area contributed by atoms with Crippen LogP contribution in [0.5, 0.6) is 0 Å². The van der Waals surface area contributed by atoms with E-state index in [9.17, 15) is 19.2 Å². The van der Waals surface area contributed by atoms with Gasteiger partial charge in [-0.2, -0.15) is 0 Å². The zero-order valence-corrected chi connectivity index (χ0v) is 13.5. The Bertz CT molecular complexity index is 544. The molecule has 0 spiro atoms. The van der Waals surface area contributed by atoms with E-state index in [1.807, 2.05) is 0 Å². The molecule has 0 aliphatic carbocycles. The molecule has 0 heterocycles. The number of benzene rings is 1. The Morgan fingerprint density at radius 2 is 0.769 bits per heavy atom. The molecule has 0 fully saturated rings. The van der Waals surface area contributed by atoms with Crippen LogP contribution in [0.1, 0.15) is 0 Å². The molecule has 26 heavy (non-hydrogen) atoms. The molecule has 8 N–H and O–H groups in total. The summed E-state index contributed by atoms with van der Waals surface area (Å²) < 4.78 is 0. The molecule has 1 aromatic carbocycles. The normalized spacial score (nSPS) is 9.23. The minimum absolute atomic E-state index is 0. The lowest BCUT2D eigenvalue weighted by molar-refractivity contribution is -0.138. The Morgan fingerprint density at radius 3 is 0.923 bits per heavy atom. The highest BCUT2D eigenvalue weighted by atomic mass is 16.4. The molecule has 0 atom stereocenters. The van der Waals surface area contributed by atoms with Crippen molar-refractivity contribution in [3.8, 4) is 0 Å². The molecule has 0 aliphatic heterocycles. The summed E-state index contributed by atoms with van der Waals surface area (Å²) in [5.41, 5.74) is 0.600. The summed E-state index contributed by atoms with van der Waals surface area (Å²) in [6.07, 6.45) is 0. The van der Waals surface area contributed by atoms with E-state index >= 15 is 0 Å². The second kappa shape index (κ2) is 11.2. The molecule has 1 rings (SSSR count).